The van der Waals surface area contributed by atoms with Gasteiger partial charge >= 0.3 is 0 Å². The maximum absolute atomic E-state index is 6.27. The predicted octanol–water partition coefficient (Wildman–Crippen LogP) is 3.99. The van der Waals surface area contributed by atoms with Crippen LogP contribution in [0.5, 0.6) is 5.75 Å². The van der Waals surface area contributed by atoms with Crippen molar-refractivity contribution in [1.29, 1.82) is 0 Å². The van der Waals surface area contributed by atoms with Crippen LogP contribution in [0.2, 0.25) is 5.02 Å². The van der Waals surface area contributed by atoms with Crippen molar-refractivity contribution in [3.8, 4) is 5.75 Å². The molecule has 0 radical (unpaired) electrons. The summed E-state index contributed by atoms with van der Waals surface area (Å²) in [6, 6.07) is 5.73. The second-order valence-electron chi connectivity index (χ2n) is 6.40. The van der Waals surface area contributed by atoms with Crippen LogP contribution in [0, 0.1) is 5.92 Å². The lowest BCUT2D eigenvalue weighted by Gasteiger charge is -2.22. The van der Waals surface area contributed by atoms with E-state index in [0.29, 0.717) is 13.3 Å². The fourth-order valence-electron chi connectivity index (χ4n) is 1.80. The molecule has 0 aliphatic heterocycles. The van der Waals surface area contributed by atoms with Crippen LogP contribution in [0.4, 0.5) is 0 Å². The highest BCUT2D eigenvalue weighted by Crippen LogP contribution is 2.29. The van der Waals surface area contributed by atoms with Crippen molar-refractivity contribution >= 4 is 11.6 Å². The van der Waals surface area contributed by atoms with Gasteiger partial charge in [0.15, 0.2) is 6.79 Å². The van der Waals surface area contributed by atoms with E-state index >= 15 is 0 Å². The molecule has 20 heavy (non-hydrogen) atoms. The normalized spacial score (nSPS) is 15.4. The lowest BCUT2D eigenvalue weighted by molar-refractivity contribution is 0.00939. The molecule has 1 aromatic rings. The van der Waals surface area contributed by atoms with Crippen LogP contribution in [0.3, 0.4) is 0 Å². The lowest BCUT2D eigenvalue weighted by Crippen LogP contribution is -2.35. The zero-order valence-corrected chi connectivity index (χ0v) is 13.3. The van der Waals surface area contributed by atoms with E-state index in [1.54, 1.807) is 0 Å². The molecule has 0 spiro atoms. The molecule has 3 nitrogen and oxygen atoms in total. The Morgan fingerprint density at radius 1 is 1.30 bits per heavy atom. The van der Waals surface area contributed by atoms with Crippen molar-refractivity contribution in [2.24, 2.45) is 5.92 Å². The molecule has 0 amide bonds. The van der Waals surface area contributed by atoms with Gasteiger partial charge in [-0.2, -0.15) is 0 Å². The standard InChI is InChI=1S/C16H24ClNO2/c1-16(2,3)18-9-13-14(17)5-4-6-15(13)20-11-19-10-12-7-8-12/h4-6,12,18H,7-11H2,1-3H3. The first-order chi connectivity index (χ1) is 9.46. The average Bonchev–Trinajstić information content (AvgIpc) is 3.16. The number of benzene rings is 1. The van der Waals surface area contributed by atoms with Crippen LogP contribution in [-0.2, 0) is 11.3 Å². The van der Waals surface area contributed by atoms with E-state index in [-0.39, 0.29) is 5.54 Å². The fraction of sp³-hybridized carbons (Fsp3) is 0.625. The van der Waals surface area contributed by atoms with E-state index in [1.165, 1.54) is 12.8 Å². The van der Waals surface area contributed by atoms with Crippen molar-refractivity contribution in [3.63, 3.8) is 0 Å². The zero-order valence-electron chi connectivity index (χ0n) is 12.5. The van der Waals surface area contributed by atoms with Crippen LogP contribution in [0.25, 0.3) is 0 Å². The van der Waals surface area contributed by atoms with Crippen molar-refractivity contribution in [2.75, 3.05) is 13.4 Å². The number of nitrogens with one attached hydrogen (secondary N) is 1. The summed E-state index contributed by atoms with van der Waals surface area (Å²) < 4.78 is 11.2. The maximum atomic E-state index is 6.27. The van der Waals surface area contributed by atoms with Crippen LogP contribution >= 0.6 is 11.6 Å². The number of rotatable bonds is 7. The molecule has 1 saturated carbocycles. The molecular weight excluding hydrogens is 274 g/mol. The first-order valence-corrected chi connectivity index (χ1v) is 7.56. The summed E-state index contributed by atoms with van der Waals surface area (Å²) >= 11 is 6.27. The summed E-state index contributed by atoms with van der Waals surface area (Å²) in [4.78, 5) is 0. The van der Waals surface area contributed by atoms with Gasteiger partial charge in [-0.25, -0.2) is 0 Å². The number of halogens is 1. The molecule has 112 valence electrons. The van der Waals surface area contributed by atoms with Crippen LogP contribution in [-0.4, -0.2) is 18.9 Å². The molecule has 1 aliphatic rings. The number of hydrogen-bond acceptors (Lipinski definition) is 3. The highest BCUT2D eigenvalue weighted by molar-refractivity contribution is 6.31. The van der Waals surface area contributed by atoms with Gasteiger partial charge in [0, 0.05) is 22.7 Å². The summed E-state index contributed by atoms with van der Waals surface area (Å²) in [6.45, 7) is 8.16. The predicted molar refractivity (Wildman–Crippen MR) is 82.2 cm³/mol. The minimum absolute atomic E-state index is 0.0406. The van der Waals surface area contributed by atoms with Crippen molar-refractivity contribution in [2.45, 2.75) is 45.7 Å². The monoisotopic (exact) mass is 297 g/mol. The van der Waals surface area contributed by atoms with Gasteiger partial charge in [-0.15, -0.1) is 0 Å². The van der Waals surface area contributed by atoms with E-state index in [9.17, 15) is 0 Å². The van der Waals surface area contributed by atoms with Gasteiger partial charge in [-0.1, -0.05) is 17.7 Å². The molecule has 0 saturated heterocycles. The lowest BCUT2D eigenvalue weighted by atomic mass is 10.1. The van der Waals surface area contributed by atoms with E-state index in [0.717, 1.165) is 28.9 Å². The number of ether oxygens (including phenoxy) is 2. The van der Waals surface area contributed by atoms with Gasteiger partial charge < -0.3 is 14.8 Å². The first kappa shape index (κ1) is 15.6. The smallest absolute Gasteiger partial charge is 0.189 e. The van der Waals surface area contributed by atoms with Gasteiger partial charge in [0.1, 0.15) is 5.75 Å². The second-order valence-corrected chi connectivity index (χ2v) is 6.80. The van der Waals surface area contributed by atoms with Crippen molar-refractivity contribution < 1.29 is 9.47 Å². The Bertz CT molecular complexity index is 439. The third-order valence-electron chi connectivity index (χ3n) is 3.22. The summed E-state index contributed by atoms with van der Waals surface area (Å²) in [5.41, 5.74) is 1.03. The molecule has 1 aromatic carbocycles. The summed E-state index contributed by atoms with van der Waals surface area (Å²) in [5.74, 6) is 1.55. The Labute approximate surface area is 126 Å². The quantitative estimate of drug-likeness (QED) is 0.610. The number of hydrogen-bond donors (Lipinski definition) is 1. The summed E-state index contributed by atoms with van der Waals surface area (Å²) in [5, 5.41) is 4.16. The van der Waals surface area contributed by atoms with Crippen LogP contribution < -0.4 is 10.1 Å². The highest BCUT2D eigenvalue weighted by atomic mass is 35.5. The van der Waals surface area contributed by atoms with E-state index < -0.39 is 0 Å². The third-order valence-corrected chi connectivity index (χ3v) is 3.57. The molecule has 4 heteroatoms. The van der Waals surface area contributed by atoms with Gasteiger partial charge in [-0.3, -0.25) is 0 Å². The summed E-state index contributed by atoms with van der Waals surface area (Å²) in [6.07, 6.45) is 2.58. The van der Waals surface area contributed by atoms with Crippen LogP contribution in [0.1, 0.15) is 39.2 Å². The Hall–Kier alpha value is -0.770. The van der Waals surface area contributed by atoms with E-state index in [4.69, 9.17) is 21.1 Å². The highest BCUT2D eigenvalue weighted by Gasteiger charge is 2.21. The van der Waals surface area contributed by atoms with Gasteiger partial charge in [0.25, 0.3) is 0 Å². The fourth-order valence-corrected chi connectivity index (χ4v) is 2.04. The molecule has 0 aromatic heterocycles. The molecule has 0 atom stereocenters. The van der Waals surface area contributed by atoms with Gasteiger partial charge in [-0.05, 0) is 51.7 Å². The SMILES string of the molecule is CC(C)(C)NCc1c(Cl)cccc1OCOCC1CC1. The topological polar surface area (TPSA) is 30.5 Å². The molecule has 0 bridgehead atoms. The Kier molecular flexibility index (Phi) is 5.30. The molecule has 0 unspecified atom stereocenters. The Morgan fingerprint density at radius 3 is 2.70 bits per heavy atom. The van der Waals surface area contributed by atoms with Crippen molar-refractivity contribution in [1.82, 2.24) is 5.32 Å². The van der Waals surface area contributed by atoms with Crippen LogP contribution in [0.15, 0.2) is 18.2 Å². The van der Waals surface area contributed by atoms with E-state index in [1.807, 2.05) is 18.2 Å². The van der Waals surface area contributed by atoms with Gasteiger partial charge in [0.2, 0.25) is 0 Å². The first-order valence-electron chi connectivity index (χ1n) is 7.19. The summed E-state index contributed by atoms with van der Waals surface area (Å²) in [7, 11) is 0. The molecule has 0 heterocycles. The zero-order chi connectivity index (χ0) is 14.6. The largest absolute Gasteiger partial charge is 0.467 e. The average molecular weight is 298 g/mol. The maximum Gasteiger partial charge on any atom is 0.189 e. The van der Waals surface area contributed by atoms with Gasteiger partial charge in [0.05, 0.1) is 6.61 Å². The Morgan fingerprint density at radius 2 is 2.05 bits per heavy atom. The Balaban J connectivity index is 1.90. The molecule has 1 aliphatic carbocycles. The van der Waals surface area contributed by atoms with Crippen molar-refractivity contribution in [3.05, 3.63) is 28.8 Å². The molecule has 1 fully saturated rings. The molecule has 1 N–H and O–H groups in total. The molecular formula is C16H24ClNO2. The second kappa shape index (κ2) is 6.79. The third kappa shape index (κ3) is 5.31. The minimum atomic E-state index is 0.0406. The van der Waals surface area contributed by atoms with E-state index in [2.05, 4.69) is 26.1 Å². The molecule has 2 rings (SSSR count). The minimum Gasteiger partial charge on any atom is -0.467 e.